The highest BCUT2D eigenvalue weighted by Crippen LogP contribution is 2.27. The summed E-state index contributed by atoms with van der Waals surface area (Å²) < 4.78 is 5.44. The average molecular weight is 277 g/mol. The lowest BCUT2D eigenvalue weighted by atomic mass is 10.0. The van der Waals surface area contributed by atoms with E-state index in [1.165, 1.54) is 21.9 Å². The third-order valence-electron chi connectivity index (χ3n) is 3.71. The minimum Gasteiger partial charge on any atom is -0.495 e. The Balaban J connectivity index is 1.87. The van der Waals surface area contributed by atoms with Gasteiger partial charge in [-0.1, -0.05) is 48.5 Å². The normalized spacial score (nSPS) is 10.6. The van der Waals surface area contributed by atoms with Crippen LogP contribution in [0, 0.1) is 6.92 Å². The maximum Gasteiger partial charge on any atom is 0.142 e. The van der Waals surface area contributed by atoms with Gasteiger partial charge in [-0.3, -0.25) is 0 Å². The molecule has 0 bridgehead atoms. The van der Waals surface area contributed by atoms with Crippen molar-refractivity contribution in [2.75, 3.05) is 12.4 Å². The van der Waals surface area contributed by atoms with Crippen LogP contribution in [0.4, 0.5) is 5.69 Å². The third-order valence-corrected chi connectivity index (χ3v) is 3.71. The number of hydrogen-bond donors (Lipinski definition) is 1. The Hall–Kier alpha value is -2.48. The first-order valence-electron chi connectivity index (χ1n) is 7.13. The molecule has 0 amide bonds. The molecular formula is C19H19NO. The van der Waals surface area contributed by atoms with Gasteiger partial charge in [0, 0.05) is 6.54 Å². The first-order chi connectivity index (χ1) is 10.3. The maximum atomic E-state index is 5.44. The van der Waals surface area contributed by atoms with Crippen LogP contribution in [0.2, 0.25) is 0 Å². The molecule has 0 heterocycles. The van der Waals surface area contributed by atoms with Gasteiger partial charge in [0.1, 0.15) is 5.75 Å². The molecule has 0 saturated carbocycles. The van der Waals surface area contributed by atoms with Crippen molar-refractivity contribution in [3.05, 3.63) is 71.8 Å². The Kier molecular flexibility index (Phi) is 3.78. The van der Waals surface area contributed by atoms with Gasteiger partial charge in [-0.05, 0) is 41.0 Å². The third kappa shape index (κ3) is 2.84. The zero-order valence-electron chi connectivity index (χ0n) is 12.4. The maximum absolute atomic E-state index is 5.44. The van der Waals surface area contributed by atoms with Gasteiger partial charge in [0.25, 0.3) is 0 Å². The minimum atomic E-state index is 0.779. The van der Waals surface area contributed by atoms with Crippen molar-refractivity contribution in [1.29, 1.82) is 0 Å². The molecule has 0 atom stereocenters. The van der Waals surface area contributed by atoms with Gasteiger partial charge in [0.2, 0.25) is 0 Å². The number of ether oxygens (including phenoxy) is 1. The van der Waals surface area contributed by atoms with Crippen LogP contribution in [0.25, 0.3) is 10.8 Å². The quantitative estimate of drug-likeness (QED) is 0.741. The molecule has 0 radical (unpaired) electrons. The van der Waals surface area contributed by atoms with Crippen LogP contribution in [0.1, 0.15) is 11.1 Å². The topological polar surface area (TPSA) is 21.3 Å². The summed E-state index contributed by atoms with van der Waals surface area (Å²) in [6, 6.07) is 21.1. The predicted molar refractivity (Wildman–Crippen MR) is 89.0 cm³/mol. The number of hydrogen-bond acceptors (Lipinski definition) is 2. The van der Waals surface area contributed by atoms with Crippen LogP contribution in [0.3, 0.4) is 0 Å². The second kappa shape index (κ2) is 5.88. The van der Waals surface area contributed by atoms with Crippen LogP contribution < -0.4 is 10.1 Å². The SMILES string of the molecule is COc1cc(C)ccc1NCc1cccc2ccccc12. The van der Waals surface area contributed by atoms with Crippen LogP contribution in [0.15, 0.2) is 60.7 Å². The molecule has 0 fully saturated rings. The molecule has 0 aromatic heterocycles. The van der Waals surface area contributed by atoms with E-state index in [9.17, 15) is 0 Å². The number of nitrogens with one attached hydrogen (secondary N) is 1. The van der Waals surface area contributed by atoms with Crippen molar-refractivity contribution in [1.82, 2.24) is 0 Å². The summed E-state index contributed by atoms with van der Waals surface area (Å²) in [4.78, 5) is 0. The van der Waals surface area contributed by atoms with E-state index in [1.54, 1.807) is 7.11 Å². The largest absolute Gasteiger partial charge is 0.495 e. The van der Waals surface area contributed by atoms with Crippen molar-refractivity contribution in [3.8, 4) is 5.75 Å². The zero-order chi connectivity index (χ0) is 14.7. The smallest absolute Gasteiger partial charge is 0.142 e. The molecule has 3 aromatic rings. The summed E-state index contributed by atoms with van der Waals surface area (Å²) in [6.07, 6.45) is 0. The van der Waals surface area contributed by atoms with Gasteiger partial charge in [0.05, 0.1) is 12.8 Å². The molecule has 0 aliphatic carbocycles. The van der Waals surface area contributed by atoms with Crippen molar-refractivity contribution < 1.29 is 4.74 Å². The molecule has 3 rings (SSSR count). The lowest BCUT2D eigenvalue weighted by molar-refractivity contribution is 0.416. The second-order valence-electron chi connectivity index (χ2n) is 5.20. The molecule has 1 N–H and O–H groups in total. The highest BCUT2D eigenvalue weighted by atomic mass is 16.5. The van der Waals surface area contributed by atoms with Gasteiger partial charge >= 0.3 is 0 Å². The van der Waals surface area contributed by atoms with E-state index in [1.807, 2.05) is 6.07 Å². The van der Waals surface area contributed by atoms with Gasteiger partial charge < -0.3 is 10.1 Å². The molecule has 21 heavy (non-hydrogen) atoms. The van der Waals surface area contributed by atoms with Gasteiger partial charge in [0.15, 0.2) is 0 Å². The molecule has 0 unspecified atom stereocenters. The Bertz CT molecular complexity index is 759. The lowest BCUT2D eigenvalue weighted by Crippen LogP contribution is -2.02. The Morgan fingerprint density at radius 1 is 0.952 bits per heavy atom. The number of methoxy groups -OCH3 is 1. The fourth-order valence-electron chi connectivity index (χ4n) is 2.58. The molecule has 0 aliphatic rings. The van der Waals surface area contributed by atoms with Crippen molar-refractivity contribution in [2.45, 2.75) is 13.5 Å². The monoisotopic (exact) mass is 277 g/mol. The summed E-state index contributed by atoms with van der Waals surface area (Å²) in [5.74, 6) is 0.884. The van der Waals surface area contributed by atoms with Crippen molar-refractivity contribution in [3.63, 3.8) is 0 Å². The van der Waals surface area contributed by atoms with E-state index in [0.717, 1.165) is 18.0 Å². The van der Waals surface area contributed by atoms with E-state index in [0.29, 0.717) is 0 Å². The van der Waals surface area contributed by atoms with Crippen LogP contribution in [0.5, 0.6) is 5.75 Å². The summed E-state index contributed by atoms with van der Waals surface area (Å²) in [5, 5.41) is 6.04. The molecule has 2 nitrogen and oxygen atoms in total. The average Bonchev–Trinajstić information content (AvgIpc) is 2.53. The summed E-state index contributed by atoms with van der Waals surface area (Å²) in [6.45, 7) is 2.85. The summed E-state index contributed by atoms with van der Waals surface area (Å²) in [5.41, 5.74) is 3.51. The number of rotatable bonds is 4. The Labute approximate surface area is 125 Å². The van der Waals surface area contributed by atoms with E-state index in [2.05, 4.69) is 66.8 Å². The zero-order valence-corrected chi connectivity index (χ0v) is 12.4. The molecular weight excluding hydrogens is 258 g/mol. The van der Waals surface area contributed by atoms with E-state index >= 15 is 0 Å². The van der Waals surface area contributed by atoms with Crippen molar-refractivity contribution >= 4 is 16.5 Å². The lowest BCUT2D eigenvalue weighted by Gasteiger charge is -2.13. The highest BCUT2D eigenvalue weighted by Gasteiger charge is 2.04. The number of anilines is 1. The molecule has 3 aromatic carbocycles. The van der Waals surface area contributed by atoms with Gasteiger partial charge in [-0.25, -0.2) is 0 Å². The van der Waals surface area contributed by atoms with Crippen LogP contribution >= 0.6 is 0 Å². The molecule has 2 heteroatoms. The van der Waals surface area contributed by atoms with E-state index < -0.39 is 0 Å². The van der Waals surface area contributed by atoms with Crippen LogP contribution in [-0.4, -0.2) is 7.11 Å². The summed E-state index contributed by atoms with van der Waals surface area (Å²) in [7, 11) is 1.71. The minimum absolute atomic E-state index is 0.779. The Morgan fingerprint density at radius 3 is 2.62 bits per heavy atom. The fourth-order valence-corrected chi connectivity index (χ4v) is 2.58. The fraction of sp³-hybridized carbons (Fsp3) is 0.158. The van der Waals surface area contributed by atoms with Gasteiger partial charge in [-0.2, -0.15) is 0 Å². The van der Waals surface area contributed by atoms with Crippen LogP contribution in [-0.2, 0) is 6.54 Å². The first-order valence-corrected chi connectivity index (χ1v) is 7.13. The number of benzene rings is 3. The number of fused-ring (bicyclic) bond motifs is 1. The van der Waals surface area contributed by atoms with E-state index in [-0.39, 0.29) is 0 Å². The first kappa shape index (κ1) is 13.5. The second-order valence-corrected chi connectivity index (χ2v) is 5.20. The summed E-state index contributed by atoms with van der Waals surface area (Å²) >= 11 is 0. The Morgan fingerprint density at radius 2 is 1.76 bits per heavy atom. The van der Waals surface area contributed by atoms with Crippen molar-refractivity contribution in [2.24, 2.45) is 0 Å². The highest BCUT2D eigenvalue weighted by molar-refractivity contribution is 5.85. The predicted octanol–water partition coefficient (Wildman–Crippen LogP) is 4.77. The molecule has 0 aliphatic heterocycles. The van der Waals surface area contributed by atoms with E-state index in [4.69, 9.17) is 4.74 Å². The standard InChI is InChI=1S/C19H19NO/c1-14-10-11-18(19(12-14)21-2)20-13-16-8-5-7-15-6-3-4-9-17(15)16/h3-12,20H,13H2,1-2H3. The van der Waals surface area contributed by atoms with Gasteiger partial charge in [-0.15, -0.1) is 0 Å². The number of aryl methyl sites for hydroxylation is 1. The molecule has 106 valence electrons. The molecule has 0 spiro atoms. The molecule has 0 saturated heterocycles.